The van der Waals surface area contributed by atoms with Crippen molar-refractivity contribution in [2.24, 2.45) is 0 Å². The van der Waals surface area contributed by atoms with Crippen LogP contribution in [0.4, 0.5) is 0 Å². The first-order valence-electron chi connectivity index (χ1n) is 9.62. The summed E-state index contributed by atoms with van der Waals surface area (Å²) >= 11 is 9.62. The quantitative estimate of drug-likeness (QED) is 0.364. The highest BCUT2D eigenvalue weighted by molar-refractivity contribution is 7.15. The second-order valence-corrected chi connectivity index (χ2v) is 9.66. The van der Waals surface area contributed by atoms with Gasteiger partial charge in [-0.2, -0.15) is 11.3 Å². The predicted octanol–water partition coefficient (Wildman–Crippen LogP) is 2.12. The maximum Gasteiger partial charge on any atom is 0.113 e. The van der Waals surface area contributed by atoms with Gasteiger partial charge in [0.15, 0.2) is 0 Å². The van der Waals surface area contributed by atoms with E-state index in [1.54, 1.807) is 34.8 Å². The number of aromatic nitrogens is 1. The van der Waals surface area contributed by atoms with Crippen LogP contribution >= 0.6 is 34.3 Å². The molecule has 0 spiro atoms. The number of nitrogens with zero attached hydrogens (tertiary/aromatic N) is 1. The van der Waals surface area contributed by atoms with Crippen LogP contribution in [0.15, 0.2) is 35.2 Å². The smallest absolute Gasteiger partial charge is 0.113 e. The fourth-order valence-corrected chi connectivity index (χ4v) is 5.59. The molecule has 0 bridgehead atoms. The van der Waals surface area contributed by atoms with E-state index >= 15 is 0 Å². The van der Waals surface area contributed by atoms with E-state index in [2.05, 4.69) is 10.4 Å². The van der Waals surface area contributed by atoms with Crippen molar-refractivity contribution in [1.82, 2.24) is 4.98 Å². The van der Waals surface area contributed by atoms with Gasteiger partial charge in [-0.05, 0) is 39.6 Å². The van der Waals surface area contributed by atoms with Crippen LogP contribution in [0, 0.1) is 0 Å². The van der Waals surface area contributed by atoms with Gasteiger partial charge < -0.3 is 30.3 Å². The van der Waals surface area contributed by atoms with Gasteiger partial charge in [0, 0.05) is 23.2 Å². The van der Waals surface area contributed by atoms with Gasteiger partial charge in [-0.15, -0.1) is 11.3 Å². The molecule has 4 rings (SSSR count). The van der Waals surface area contributed by atoms with Crippen molar-refractivity contribution in [1.29, 1.82) is 0 Å². The maximum atomic E-state index is 10.5. The molecule has 7 nitrogen and oxygen atoms in total. The molecular formula is C21H22ClNO6S2. The summed E-state index contributed by atoms with van der Waals surface area (Å²) in [4.78, 5) is 5.53. The fraction of sp³-hybridized carbons (Fsp3) is 0.381. The summed E-state index contributed by atoms with van der Waals surface area (Å²) in [6.45, 7) is -0.884. The number of thiazole rings is 1. The van der Waals surface area contributed by atoms with Crippen LogP contribution in [-0.4, -0.2) is 61.5 Å². The summed E-state index contributed by atoms with van der Waals surface area (Å²) in [6.07, 6.45) is -4.24. The normalized spacial score (nSPS) is 26.3. The van der Waals surface area contributed by atoms with Crippen molar-refractivity contribution in [3.8, 4) is 10.4 Å². The number of aliphatic hydroxyl groups excluding tert-OH is 5. The van der Waals surface area contributed by atoms with Gasteiger partial charge in [-0.1, -0.05) is 17.7 Å². The molecule has 10 heteroatoms. The van der Waals surface area contributed by atoms with Crippen LogP contribution in [0.2, 0.25) is 5.02 Å². The third kappa shape index (κ3) is 4.56. The maximum absolute atomic E-state index is 10.5. The van der Waals surface area contributed by atoms with Gasteiger partial charge in [0.05, 0.1) is 23.1 Å². The predicted molar refractivity (Wildman–Crippen MR) is 118 cm³/mol. The average Bonchev–Trinajstić information content (AvgIpc) is 3.46. The van der Waals surface area contributed by atoms with Crippen molar-refractivity contribution >= 4 is 34.3 Å². The molecule has 1 saturated heterocycles. The standard InChI is InChI=1S/C21H22ClNO6S2/c22-14-4-12(7-24)13(21-20(28)19(27)18(26)15(8-25)29-21)3-11(14)5-17-23-6-16(31-17)10-1-2-30-9-10/h1-4,6,9,15,18-21,24-28H,5,7-8H2/t15-,18-,19+,20-,21+/m1/s1. The van der Waals surface area contributed by atoms with E-state index < -0.39 is 37.1 Å². The number of halogens is 1. The van der Waals surface area contributed by atoms with E-state index in [4.69, 9.17) is 16.3 Å². The number of thiophene rings is 1. The summed E-state index contributed by atoms with van der Waals surface area (Å²) in [6, 6.07) is 5.34. The van der Waals surface area contributed by atoms with E-state index in [0.717, 1.165) is 21.0 Å². The average molecular weight is 484 g/mol. The molecule has 1 aromatic carbocycles. The van der Waals surface area contributed by atoms with Crippen LogP contribution < -0.4 is 0 Å². The van der Waals surface area contributed by atoms with Crippen molar-refractivity contribution in [2.75, 3.05) is 6.61 Å². The van der Waals surface area contributed by atoms with Crippen LogP contribution in [-0.2, 0) is 17.8 Å². The van der Waals surface area contributed by atoms with Crippen molar-refractivity contribution in [3.05, 3.63) is 61.9 Å². The Morgan fingerprint density at radius 1 is 1.06 bits per heavy atom. The van der Waals surface area contributed by atoms with Crippen LogP contribution in [0.1, 0.15) is 27.8 Å². The molecule has 5 atom stereocenters. The largest absolute Gasteiger partial charge is 0.394 e. The first-order chi connectivity index (χ1) is 14.9. The minimum Gasteiger partial charge on any atom is -0.394 e. The molecule has 2 aromatic heterocycles. The topological polar surface area (TPSA) is 123 Å². The third-order valence-corrected chi connectivity index (χ3v) is 7.46. The Balaban J connectivity index is 1.66. The molecule has 0 unspecified atom stereocenters. The van der Waals surface area contributed by atoms with E-state index in [-0.39, 0.29) is 6.61 Å². The molecule has 0 amide bonds. The molecule has 166 valence electrons. The summed E-state index contributed by atoms with van der Waals surface area (Å²) in [5, 5.41) is 55.4. The molecule has 0 radical (unpaired) electrons. The molecule has 1 aliphatic heterocycles. The Morgan fingerprint density at radius 3 is 2.55 bits per heavy atom. The second kappa shape index (κ2) is 9.62. The molecular weight excluding hydrogens is 462 g/mol. The van der Waals surface area contributed by atoms with Crippen LogP contribution in [0.5, 0.6) is 0 Å². The lowest BCUT2D eigenvalue weighted by atomic mass is 9.88. The van der Waals surface area contributed by atoms with Crippen molar-refractivity contribution < 1.29 is 30.3 Å². The number of hydrogen-bond donors (Lipinski definition) is 5. The van der Waals surface area contributed by atoms with Gasteiger partial charge >= 0.3 is 0 Å². The Bertz CT molecular complexity index is 1030. The molecule has 3 aromatic rings. The molecule has 0 saturated carbocycles. The number of benzene rings is 1. The minimum atomic E-state index is -1.51. The molecule has 5 N–H and O–H groups in total. The number of rotatable bonds is 6. The Hall–Kier alpha value is -1.40. The summed E-state index contributed by atoms with van der Waals surface area (Å²) in [5.41, 5.74) is 2.69. The first kappa shape index (κ1) is 22.8. The molecule has 1 aliphatic rings. The van der Waals surface area contributed by atoms with Crippen molar-refractivity contribution in [3.63, 3.8) is 0 Å². The summed E-state index contributed by atoms with van der Waals surface area (Å²) in [5.74, 6) is 0. The van der Waals surface area contributed by atoms with E-state index in [0.29, 0.717) is 22.6 Å². The lowest BCUT2D eigenvalue weighted by Crippen LogP contribution is -2.55. The lowest BCUT2D eigenvalue weighted by Gasteiger charge is -2.40. The Kier molecular flexibility index (Phi) is 7.07. The van der Waals surface area contributed by atoms with Gasteiger partial charge in [0.2, 0.25) is 0 Å². The van der Waals surface area contributed by atoms with Gasteiger partial charge in [-0.25, -0.2) is 4.98 Å². The zero-order chi connectivity index (χ0) is 22.1. The minimum absolute atomic E-state index is 0.357. The van der Waals surface area contributed by atoms with Gasteiger partial charge in [0.25, 0.3) is 0 Å². The molecule has 1 fully saturated rings. The molecule has 31 heavy (non-hydrogen) atoms. The highest BCUT2D eigenvalue weighted by Gasteiger charge is 2.44. The Labute approximate surface area is 191 Å². The van der Waals surface area contributed by atoms with E-state index in [9.17, 15) is 25.5 Å². The van der Waals surface area contributed by atoms with E-state index in [1.165, 1.54) is 0 Å². The second-order valence-electron chi connectivity index (χ2n) is 7.36. The lowest BCUT2D eigenvalue weighted by molar-refractivity contribution is -0.232. The summed E-state index contributed by atoms with van der Waals surface area (Å²) < 4.78 is 5.68. The molecule has 3 heterocycles. The van der Waals surface area contributed by atoms with Gasteiger partial charge in [0.1, 0.15) is 30.5 Å². The van der Waals surface area contributed by atoms with E-state index in [1.807, 2.05) is 17.6 Å². The zero-order valence-corrected chi connectivity index (χ0v) is 18.6. The Morgan fingerprint density at radius 2 is 1.87 bits per heavy atom. The SMILES string of the molecule is OCc1cc(Cl)c(Cc2ncc(-c3ccsc3)s2)cc1[C@@H]1O[C@H](CO)[C@@H](O)[C@H](O)[C@H]1O. The third-order valence-electron chi connectivity index (χ3n) is 5.38. The monoisotopic (exact) mass is 483 g/mol. The number of aliphatic hydroxyl groups is 5. The zero-order valence-electron chi connectivity index (χ0n) is 16.3. The molecule has 0 aliphatic carbocycles. The number of hydrogen-bond acceptors (Lipinski definition) is 9. The highest BCUT2D eigenvalue weighted by atomic mass is 35.5. The first-order valence-corrected chi connectivity index (χ1v) is 11.8. The van der Waals surface area contributed by atoms with Crippen LogP contribution in [0.3, 0.4) is 0 Å². The summed E-state index contributed by atoms with van der Waals surface area (Å²) in [7, 11) is 0. The van der Waals surface area contributed by atoms with Crippen LogP contribution in [0.25, 0.3) is 10.4 Å². The van der Waals surface area contributed by atoms with Crippen molar-refractivity contribution in [2.45, 2.75) is 43.5 Å². The fourth-order valence-electron chi connectivity index (χ4n) is 3.67. The van der Waals surface area contributed by atoms with Gasteiger partial charge in [-0.3, -0.25) is 0 Å². The number of ether oxygens (including phenoxy) is 1. The highest BCUT2D eigenvalue weighted by Crippen LogP contribution is 2.37.